The first kappa shape index (κ1) is 17.9. The smallest absolute Gasteiger partial charge is 0.243 e. The van der Waals surface area contributed by atoms with Crippen LogP contribution in [0.2, 0.25) is 0 Å². The SMILES string of the molecule is O=C(NN=C(/C=C\c1ccccc1)c1ccccc1)[C@@H]1C[C@H]1c1ccccc1. The van der Waals surface area contributed by atoms with Crippen LogP contribution in [0.5, 0.6) is 0 Å². The number of rotatable bonds is 6. The normalized spacial score (nSPS) is 18.8. The highest BCUT2D eigenvalue weighted by atomic mass is 16.2. The van der Waals surface area contributed by atoms with Crippen LogP contribution in [-0.4, -0.2) is 11.6 Å². The third-order valence-corrected chi connectivity index (χ3v) is 4.94. The number of hydrazone groups is 1. The van der Waals surface area contributed by atoms with E-state index < -0.39 is 0 Å². The number of nitrogens with zero attached hydrogens (tertiary/aromatic N) is 1. The van der Waals surface area contributed by atoms with Gasteiger partial charge in [0, 0.05) is 11.5 Å². The molecule has 3 aromatic rings. The maximum Gasteiger partial charge on any atom is 0.243 e. The lowest BCUT2D eigenvalue weighted by Crippen LogP contribution is -2.21. The Bertz CT molecular complexity index is 979. The number of carbonyl (C=O) groups is 1. The van der Waals surface area contributed by atoms with Gasteiger partial charge in [-0.1, -0.05) is 97.1 Å². The summed E-state index contributed by atoms with van der Waals surface area (Å²) in [5.41, 5.74) is 6.78. The van der Waals surface area contributed by atoms with E-state index in [0.717, 1.165) is 23.3 Å². The molecule has 138 valence electrons. The van der Waals surface area contributed by atoms with Gasteiger partial charge < -0.3 is 0 Å². The lowest BCUT2D eigenvalue weighted by atomic mass is 10.1. The van der Waals surface area contributed by atoms with Gasteiger partial charge in [-0.3, -0.25) is 4.79 Å². The van der Waals surface area contributed by atoms with Gasteiger partial charge in [-0.25, -0.2) is 5.43 Å². The minimum absolute atomic E-state index is 0.00118. The molecule has 0 bridgehead atoms. The number of nitrogens with one attached hydrogen (secondary N) is 1. The molecule has 0 unspecified atom stereocenters. The Morgan fingerprint density at radius 2 is 1.46 bits per heavy atom. The Balaban J connectivity index is 1.48. The molecule has 3 aromatic carbocycles. The first-order valence-electron chi connectivity index (χ1n) is 9.52. The molecule has 0 heterocycles. The number of amides is 1. The Morgan fingerprint density at radius 3 is 2.14 bits per heavy atom. The van der Waals surface area contributed by atoms with Gasteiger partial charge in [-0.05, 0) is 29.5 Å². The summed E-state index contributed by atoms with van der Waals surface area (Å²) in [7, 11) is 0. The molecule has 4 rings (SSSR count). The first-order valence-corrected chi connectivity index (χ1v) is 9.52. The fourth-order valence-corrected chi connectivity index (χ4v) is 3.30. The van der Waals surface area contributed by atoms with Crippen LogP contribution in [-0.2, 0) is 4.79 Å². The summed E-state index contributed by atoms with van der Waals surface area (Å²) in [6.07, 6.45) is 4.82. The fourth-order valence-electron chi connectivity index (χ4n) is 3.30. The van der Waals surface area contributed by atoms with Crippen LogP contribution in [0.3, 0.4) is 0 Å². The van der Waals surface area contributed by atoms with Crippen molar-refractivity contribution in [1.29, 1.82) is 0 Å². The second-order valence-electron chi connectivity index (χ2n) is 6.94. The van der Waals surface area contributed by atoms with Crippen molar-refractivity contribution in [3.8, 4) is 0 Å². The van der Waals surface area contributed by atoms with Gasteiger partial charge >= 0.3 is 0 Å². The van der Waals surface area contributed by atoms with E-state index in [1.165, 1.54) is 5.56 Å². The van der Waals surface area contributed by atoms with E-state index in [2.05, 4.69) is 22.7 Å². The van der Waals surface area contributed by atoms with Crippen molar-refractivity contribution < 1.29 is 4.79 Å². The second kappa shape index (κ2) is 8.49. The van der Waals surface area contributed by atoms with Gasteiger partial charge in [0.1, 0.15) is 0 Å². The molecule has 1 saturated carbocycles. The Kier molecular flexibility index (Phi) is 5.43. The van der Waals surface area contributed by atoms with Gasteiger partial charge in [0.15, 0.2) is 0 Å². The molecule has 0 spiro atoms. The standard InChI is InChI=1S/C25H22N2O/c28-25(23-18-22(23)20-12-6-2-7-13-20)27-26-24(21-14-8-3-9-15-21)17-16-19-10-4-1-5-11-19/h1-17,22-23H,18H2,(H,27,28)/b17-16-,26-24?/t22-,23+/m0/s1. The van der Waals surface area contributed by atoms with E-state index in [-0.39, 0.29) is 11.8 Å². The predicted molar refractivity (Wildman–Crippen MR) is 114 cm³/mol. The molecular weight excluding hydrogens is 344 g/mol. The average molecular weight is 366 g/mol. The van der Waals surface area contributed by atoms with Crippen LogP contribution >= 0.6 is 0 Å². The molecule has 1 aliphatic carbocycles. The molecule has 2 atom stereocenters. The minimum Gasteiger partial charge on any atom is -0.273 e. The molecule has 0 aromatic heterocycles. The van der Waals surface area contributed by atoms with Crippen molar-refractivity contribution in [2.45, 2.75) is 12.3 Å². The number of hydrogen-bond acceptors (Lipinski definition) is 2. The second-order valence-corrected chi connectivity index (χ2v) is 6.94. The summed E-state index contributed by atoms with van der Waals surface area (Å²) in [4.78, 5) is 12.6. The molecule has 1 aliphatic rings. The van der Waals surface area contributed by atoms with E-state index in [9.17, 15) is 4.79 Å². The Labute approximate surface area is 165 Å². The van der Waals surface area contributed by atoms with Crippen LogP contribution in [0, 0.1) is 5.92 Å². The highest BCUT2D eigenvalue weighted by Gasteiger charge is 2.43. The summed E-state index contributed by atoms with van der Waals surface area (Å²) in [6.45, 7) is 0. The Hall–Kier alpha value is -3.46. The van der Waals surface area contributed by atoms with Crippen LogP contribution in [0.15, 0.2) is 102 Å². The fraction of sp³-hybridized carbons (Fsp3) is 0.120. The van der Waals surface area contributed by atoms with E-state index >= 15 is 0 Å². The lowest BCUT2D eigenvalue weighted by molar-refractivity contribution is -0.122. The highest BCUT2D eigenvalue weighted by Crippen LogP contribution is 2.47. The third-order valence-electron chi connectivity index (χ3n) is 4.94. The zero-order chi connectivity index (χ0) is 19.2. The number of hydrogen-bond donors (Lipinski definition) is 1. The molecule has 28 heavy (non-hydrogen) atoms. The predicted octanol–water partition coefficient (Wildman–Crippen LogP) is 5.02. The summed E-state index contributed by atoms with van der Waals surface area (Å²) in [6, 6.07) is 30.1. The Morgan fingerprint density at radius 1 is 0.857 bits per heavy atom. The van der Waals surface area contributed by atoms with Crippen molar-refractivity contribution in [1.82, 2.24) is 5.43 Å². The summed E-state index contributed by atoms with van der Waals surface area (Å²) in [5.74, 6) is 0.285. The van der Waals surface area contributed by atoms with Crippen molar-refractivity contribution >= 4 is 17.7 Å². The summed E-state index contributed by atoms with van der Waals surface area (Å²) >= 11 is 0. The maximum atomic E-state index is 12.6. The number of carbonyl (C=O) groups excluding carboxylic acids is 1. The lowest BCUT2D eigenvalue weighted by Gasteiger charge is -2.04. The van der Waals surface area contributed by atoms with Crippen molar-refractivity contribution in [2.75, 3.05) is 0 Å². The molecule has 1 amide bonds. The molecule has 0 aliphatic heterocycles. The van der Waals surface area contributed by atoms with Gasteiger partial charge in [0.2, 0.25) is 5.91 Å². The summed E-state index contributed by atoms with van der Waals surface area (Å²) in [5, 5.41) is 4.43. The van der Waals surface area contributed by atoms with Crippen LogP contribution in [0.25, 0.3) is 6.08 Å². The van der Waals surface area contributed by atoms with Gasteiger partial charge in [0.25, 0.3) is 0 Å². The zero-order valence-corrected chi connectivity index (χ0v) is 15.5. The molecular formula is C25H22N2O. The van der Waals surface area contributed by atoms with Crippen LogP contribution < -0.4 is 5.43 Å². The molecule has 3 nitrogen and oxygen atoms in total. The topological polar surface area (TPSA) is 41.5 Å². The first-order chi connectivity index (χ1) is 13.8. The van der Waals surface area contributed by atoms with Crippen molar-refractivity contribution in [3.05, 3.63) is 114 Å². The largest absolute Gasteiger partial charge is 0.273 e. The molecule has 3 heteroatoms. The quantitative estimate of drug-likeness (QED) is 0.483. The zero-order valence-electron chi connectivity index (χ0n) is 15.5. The minimum atomic E-state index is -0.0182. The van der Waals surface area contributed by atoms with E-state index in [1.807, 2.05) is 91.0 Å². The van der Waals surface area contributed by atoms with Gasteiger partial charge in [-0.15, -0.1) is 0 Å². The van der Waals surface area contributed by atoms with E-state index in [0.29, 0.717) is 5.92 Å². The highest BCUT2D eigenvalue weighted by molar-refractivity contribution is 6.11. The average Bonchev–Trinajstić information content (AvgIpc) is 3.57. The maximum absolute atomic E-state index is 12.6. The molecule has 1 fully saturated rings. The number of benzene rings is 3. The third kappa shape index (κ3) is 4.44. The molecule has 1 N–H and O–H groups in total. The van der Waals surface area contributed by atoms with Crippen molar-refractivity contribution in [2.24, 2.45) is 11.0 Å². The van der Waals surface area contributed by atoms with E-state index in [1.54, 1.807) is 0 Å². The molecule has 0 radical (unpaired) electrons. The van der Waals surface area contributed by atoms with Crippen molar-refractivity contribution in [3.63, 3.8) is 0 Å². The monoisotopic (exact) mass is 366 g/mol. The summed E-state index contributed by atoms with van der Waals surface area (Å²) < 4.78 is 0. The van der Waals surface area contributed by atoms with Crippen LogP contribution in [0.4, 0.5) is 0 Å². The van der Waals surface area contributed by atoms with Gasteiger partial charge in [0.05, 0.1) is 5.71 Å². The van der Waals surface area contributed by atoms with E-state index in [4.69, 9.17) is 0 Å². The molecule has 0 saturated heterocycles. The van der Waals surface area contributed by atoms with Crippen LogP contribution in [0.1, 0.15) is 29.0 Å². The van der Waals surface area contributed by atoms with Gasteiger partial charge in [-0.2, -0.15) is 5.10 Å². The number of allylic oxidation sites excluding steroid dienone is 1.